The lowest BCUT2D eigenvalue weighted by atomic mass is 9.97. The lowest BCUT2D eigenvalue weighted by Crippen LogP contribution is -2.37. The fraction of sp³-hybridized carbons (Fsp3) is 0.421. The maximum atomic E-state index is 13.2. The quantitative estimate of drug-likeness (QED) is 0.567. The summed E-state index contributed by atoms with van der Waals surface area (Å²) in [4.78, 5) is 34.0. The van der Waals surface area contributed by atoms with Gasteiger partial charge in [0, 0.05) is 31.0 Å². The van der Waals surface area contributed by atoms with Crippen molar-refractivity contribution < 1.29 is 9.90 Å². The van der Waals surface area contributed by atoms with E-state index >= 15 is 0 Å². The molecule has 0 aromatic carbocycles. The van der Waals surface area contributed by atoms with E-state index in [1.165, 1.54) is 21.5 Å². The average Bonchev–Trinajstić information content (AvgIpc) is 3.33. The molecule has 0 radical (unpaired) electrons. The maximum absolute atomic E-state index is 13.2. The van der Waals surface area contributed by atoms with E-state index in [4.69, 9.17) is 5.73 Å². The summed E-state index contributed by atoms with van der Waals surface area (Å²) in [5.41, 5.74) is 5.76. The molecular formula is C19H24ClN7O3. The van der Waals surface area contributed by atoms with Gasteiger partial charge in [0.2, 0.25) is 5.88 Å². The van der Waals surface area contributed by atoms with E-state index in [1.807, 2.05) is 20.8 Å². The lowest BCUT2D eigenvalue weighted by molar-refractivity contribution is 0.0944. The van der Waals surface area contributed by atoms with E-state index in [2.05, 4.69) is 20.4 Å². The van der Waals surface area contributed by atoms with E-state index in [-0.39, 0.29) is 35.2 Å². The van der Waals surface area contributed by atoms with Crippen LogP contribution in [0.3, 0.4) is 0 Å². The molecule has 1 fully saturated rings. The number of aromatic nitrogens is 5. The number of rotatable bonds is 4. The topological polar surface area (TPSA) is 140 Å². The molecule has 4 N–H and O–H groups in total. The Balaban J connectivity index is 0.00000256. The molecule has 11 heteroatoms. The predicted octanol–water partition coefficient (Wildman–Crippen LogP) is 1.60. The summed E-state index contributed by atoms with van der Waals surface area (Å²) in [7, 11) is 0. The Labute approximate surface area is 178 Å². The Hall–Kier alpha value is -3.14. The molecule has 0 saturated heterocycles. The number of anilines is 1. The smallest absolute Gasteiger partial charge is 0.270 e. The highest BCUT2D eigenvalue weighted by atomic mass is 35.5. The molecular weight excluding hydrogens is 410 g/mol. The summed E-state index contributed by atoms with van der Waals surface area (Å²) in [6.45, 7) is 6.25. The van der Waals surface area contributed by atoms with Crippen LogP contribution in [0, 0.1) is 5.41 Å². The summed E-state index contributed by atoms with van der Waals surface area (Å²) in [6.07, 6.45) is 4.67. The fourth-order valence-corrected chi connectivity index (χ4v) is 3.13. The van der Waals surface area contributed by atoms with Crippen LogP contribution in [0.4, 0.5) is 5.82 Å². The molecule has 0 unspecified atom stereocenters. The second-order valence-electron chi connectivity index (χ2n) is 8.49. The number of fused-ring (bicyclic) bond motifs is 1. The first kappa shape index (κ1) is 21.6. The van der Waals surface area contributed by atoms with Crippen molar-refractivity contribution in [3.8, 4) is 17.3 Å². The van der Waals surface area contributed by atoms with Crippen LogP contribution in [0.15, 0.2) is 23.3 Å². The molecule has 1 aliphatic carbocycles. The van der Waals surface area contributed by atoms with Gasteiger partial charge >= 0.3 is 0 Å². The molecule has 1 aliphatic rings. The van der Waals surface area contributed by atoms with Gasteiger partial charge in [0.15, 0.2) is 11.4 Å². The number of amides is 1. The summed E-state index contributed by atoms with van der Waals surface area (Å²) < 4.78 is 2.63. The number of hydrogen-bond donors (Lipinski definition) is 3. The summed E-state index contributed by atoms with van der Waals surface area (Å²) >= 11 is 0. The largest absolute Gasteiger partial charge is 0.492 e. The first-order valence-corrected chi connectivity index (χ1v) is 9.39. The molecule has 1 amide bonds. The minimum Gasteiger partial charge on any atom is -0.492 e. The zero-order valence-electron chi connectivity index (χ0n) is 16.9. The molecule has 4 rings (SSSR count). The molecule has 10 nitrogen and oxygen atoms in total. The highest BCUT2D eigenvalue weighted by Crippen LogP contribution is 2.27. The number of carbonyl (C=O) groups is 1. The minimum absolute atomic E-state index is 0. The Kier molecular flexibility index (Phi) is 5.46. The number of aromatic hydroxyl groups is 1. The molecule has 1 saturated carbocycles. The van der Waals surface area contributed by atoms with Crippen LogP contribution in [0.5, 0.6) is 5.88 Å². The van der Waals surface area contributed by atoms with Gasteiger partial charge < -0.3 is 16.2 Å². The van der Waals surface area contributed by atoms with Gasteiger partial charge in [0.1, 0.15) is 17.0 Å². The molecule has 0 atom stereocenters. The van der Waals surface area contributed by atoms with E-state index in [9.17, 15) is 14.7 Å². The summed E-state index contributed by atoms with van der Waals surface area (Å²) in [5, 5.41) is 17.9. The van der Waals surface area contributed by atoms with Gasteiger partial charge in [-0.05, 0) is 18.3 Å². The van der Waals surface area contributed by atoms with Crippen molar-refractivity contribution in [2.45, 2.75) is 46.2 Å². The molecule has 0 bridgehead atoms. The van der Waals surface area contributed by atoms with Gasteiger partial charge in [-0.1, -0.05) is 20.8 Å². The van der Waals surface area contributed by atoms with Gasteiger partial charge in [-0.2, -0.15) is 9.61 Å². The normalized spacial score (nSPS) is 13.8. The van der Waals surface area contributed by atoms with Crippen molar-refractivity contribution in [2.75, 3.05) is 5.73 Å². The van der Waals surface area contributed by atoms with E-state index in [1.54, 1.807) is 6.07 Å². The summed E-state index contributed by atoms with van der Waals surface area (Å²) in [6, 6.07) is 1.65. The molecule has 0 aliphatic heterocycles. The van der Waals surface area contributed by atoms with Crippen molar-refractivity contribution in [3.05, 3.63) is 34.4 Å². The van der Waals surface area contributed by atoms with Crippen LogP contribution in [0.2, 0.25) is 0 Å². The van der Waals surface area contributed by atoms with E-state index < -0.39 is 17.3 Å². The molecule has 3 heterocycles. The van der Waals surface area contributed by atoms with Gasteiger partial charge in [-0.15, -0.1) is 12.4 Å². The Morgan fingerprint density at radius 3 is 2.57 bits per heavy atom. The first-order valence-electron chi connectivity index (χ1n) is 9.39. The monoisotopic (exact) mass is 433 g/mol. The Bertz CT molecular complexity index is 1180. The molecule has 3 aromatic heterocycles. The SMILES string of the molecule is CC(C)(C)Cn1c(=O)c(C(=O)NC2CC2)c(O)n2nc(-c3nccnc3N)cc12.Cl. The third kappa shape index (κ3) is 3.95. The Morgan fingerprint density at radius 2 is 1.97 bits per heavy atom. The van der Waals surface area contributed by atoms with Gasteiger partial charge in [0.05, 0.1) is 0 Å². The fourth-order valence-electron chi connectivity index (χ4n) is 3.13. The second-order valence-corrected chi connectivity index (χ2v) is 8.49. The van der Waals surface area contributed by atoms with Crippen LogP contribution < -0.4 is 16.6 Å². The van der Waals surface area contributed by atoms with Crippen molar-refractivity contribution >= 4 is 29.8 Å². The number of nitrogens with zero attached hydrogens (tertiary/aromatic N) is 5. The first-order chi connectivity index (χ1) is 13.7. The van der Waals surface area contributed by atoms with Gasteiger partial charge in [-0.25, -0.2) is 9.97 Å². The minimum atomic E-state index is -0.601. The molecule has 0 spiro atoms. The van der Waals surface area contributed by atoms with Crippen LogP contribution in [-0.4, -0.2) is 41.2 Å². The van der Waals surface area contributed by atoms with Gasteiger partial charge in [-0.3, -0.25) is 14.2 Å². The molecule has 160 valence electrons. The predicted molar refractivity (Wildman–Crippen MR) is 114 cm³/mol. The number of nitrogens with two attached hydrogens (primary N) is 1. The van der Waals surface area contributed by atoms with Crippen molar-refractivity contribution in [1.82, 2.24) is 29.5 Å². The standard InChI is InChI=1S/C19H23N7O3.ClH/c1-19(2,3)9-25-12-8-11(14-15(20)22-7-6-21-14)24-26(12)18(29)13(17(25)28)16(27)23-10-4-5-10;/h6-8,10,29H,4-5,9H2,1-3H3,(H2,20,22)(H,23,27);1H. The zero-order chi connectivity index (χ0) is 20.9. The Morgan fingerprint density at radius 1 is 1.30 bits per heavy atom. The van der Waals surface area contributed by atoms with Crippen LogP contribution in [0.1, 0.15) is 44.0 Å². The number of hydrogen-bond acceptors (Lipinski definition) is 7. The number of nitrogens with one attached hydrogen (secondary N) is 1. The maximum Gasteiger partial charge on any atom is 0.270 e. The van der Waals surface area contributed by atoms with Crippen molar-refractivity contribution in [1.29, 1.82) is 0 Å². The molecule has 3 aromatic rings. The number of nitrogen functional groups attached to an aromatic ring is 1. The highest BCUT2D eigenvalue weighted by Gasteiger charge is 2.30. The van der Waals surface area contributed by atoms with Crippen molar-refractivity contribution in [2.24, 2.45) is 5.41 Å². The van der Waals surface area contributed by atoms with Crippen molar-refractivity contribution in [3.63, 3.8) is 0 Å². The lowest BCUT2D eigenvalue weighted by Gasteiger charge is -2.21. The average molecular weight is 434 g/mol. The third-order valence-electron chi connectivity index (χ3n) is 4.59. The third-order valence-corrected chi connectivity index (χ3v) is 4.59. The van der Waals surface area contributed by atoms with Crippen LogP contribution >= 0.6 is 12.4 Å². The number of halogens is 1. The van der Waals surface area contributed by atoms with E-state index in [0.717, 1.165) is 12.8 Å². The van der Waals surface area contributed by atoms with Crippen LogP contribution in [-0.2, 0) is 6.54 Å². The molecule has 30 heavy (non-hydrogen) atoms. The second kappa shape index (κ2) is 7.60. The highest BCUT2D eigenvalue weighted by molar-refractivity contribution is 5.96. The number of carbonyl (C=O) groups excluding carboxylic acids is 1. The van der Waals surface area contributed by atoms with Crippen LogP contribution in [0.25, 0.3) is 17.0 Å². The van der Waals surface area contributed by atoms with E-state index in [0.29, 0.717) is 23.6 Å². The summed E-state index contributed by atoms with van der Waals surface area (Å²) in [5.74, 6) is -0.940. The zero-order valence-corrected chi connectivity index (χ0v) is 17.7. The van der Waals surface area contributed by atoms with Gasteiger partial charge in [0.25, 0.3) is 11.5 Å².